The molecule has 2 aliphatic heterocycles. The van der Waals surface area contributed by atoms with E-state index < -0.39 is 11.4 Å². The summed E-state index contributed by atoms with van der Waals surface area (Å²) in [5.41, 5.74) is -1.21. The van der Waals surface area contributed by atoms with E-state index in [9.17, 15) is 9.90 Å². The number of ether oxygens (including phenoxy) is 2. The average Bonchev–Trinajstić information content (AvgIpc) is 2.89. The molecule has 1 aromatic carbocycles. The van der Waals surface area contributed by atoms with Crippen molar-refractivity contribution in [3.8, 4) is 0 Å². The molecule has 2 fully saturated rings. The predicted molar refractivity (Wildman–Crippen MR) is 140 cm³/mol. The first-order chi connectivity index (χ1) is 17.4. The van der Waals surface area contributed by atoms with Crippen LogP contribution in [-0.2, 0) is 15.1 Å². The van der Waals surface area contributed by atoms with Gasteiger partial charge in [-0.2, -0.15) is 0 Å². The van der Waals surface area contributed by atoms with Crippen molar-refractivity contribution < 1.29 is 23.8 Å². The van der Waals surface area contributed by atoms with Gasteiger partial charge in [0.25, 0.3) is 0 Å². The molecule has 2 aliphatic rings. The van der Waals surface area contributed by atoms with Gasteiger partial charge >= 0.3 is 6.03 Å². The van der Waals surface area contributed by atoms with E-state index in [1.54, 1.807) is 24.1 Å². The average molecular weight is 528 g/mol. The lowest BCUT2D eigenvalue weighted by Gasteiger charge is -2.43. The number of likely N-dealkylation sites (N-methyl/N-ethyl adjacent to an activating group) is 1. The van der Waals surface area contributed by atoms with Crippen molar-refractivity contribution >= 4 is 17.6 Å². The molecule has 9 heteroatoms. The molecule has 0 aromatic heterocycles. The second-order valence-electron chi connectivity index (χ2n) is 10.3. The van der Waals surface area contributed by atoms with Crippen molar-refractivity contribution in [1.29, 1.82) is 0 Å². The number of nitrogens with zero attached hydrogens (tertiary/aromatic N) is 1. The molecule has 3 N–H and O–H groups in total. The summed E-state index contributed by atoms with van der Waals surface area (Å²) < 4.78 is 25.8. The van der Waals surface area contributed by atoms with Crippen molar-refractivity contribution in [2.45, 2.75) is 63.0 Å². The van der Waals surface area contributed by atoms with Gasteiger partial charge in [0.15, 0.2) is 0 Å². The Labute approximate surface area is 220 Å². The highest BCUT2D eigenvalue weighted by molar-refractivity contribution is 6.30. The Morgan fingerprint density at radius 3 is 2.83 bits per heavy atom. The van der Waals surface area contributed by atoms with Crippen molar-refractivity contribution in [2.24, 2.45) is 11.8 Å². The number of amides is 2. The topological polar surface area (TPSA) is 83.1 Å². The third-order valence-electron chi connectivity index (χ3n) is 7.70. The number of aliphatic hydroxyl groups is 1. The highest BCUT2D eigenvalue weighted by Crippen LogP contribution is 2.42. The number of methoxy groups -OCH3 is 1. The third-order valence-corrected chi connectivity index (χ3v) is 7.99. The Morgan fingerprint density at radius 2 is 2.11 bits per heavy atom. The van der Waals surface area contributed by atoms with Crippen molar-refractivity contribution in [2.75, 3.05) is 53.6 Å². The largest absolute Gasteiger partial charge is 0.385 e. The Hall–Kier alpha value is -1.45. The second kappa shape index (κ2) is 14.5. The molecule has 0 bridgehead atoms. The molecule has 2 amide bonds. The van der Waals surface area contributed by atoms with Gasteiger partial charge in [-0.25, -0.2) is 9.18 Å². The molecular weight excluding hydrogens is 485 g/mol. The number of benzene rings is 1. The smallest absolute Gasteiger partial charge is 0.317 e. The van der Waals surface area contributed by atoms with Crippen LogP contribution in [0.25, 0.3) is 0 Å². The summed E-state index contributed by atoms with van der Waals surface area (Å²) in [7, 11) is 3.53. The number of carbonyl (C=O) groups is 1. The van der Waals surface area contributed by atoms with Gasteiger partial charge in [-0.1, -0.05) is 23.7 Å². The number of carbonyl (C=O) groups excluding carboxylic acids is 1. The number of halogens is 2. The van der Waals surface area contributed by atoms with E-state index >= 15 is 4.39 Å². The second-order valence-corrected chi connectivity index (χ2v) is 10.7. The minimum absolute atomic E-state index is 0.00348. The van der Waals surface area contributed by atoms with E-state index in [0.29, 0.717) is 51.4 Å². The number of nitrogens with one attached hydrogen (secondary N) is 2. The first-order valence-corrected chi connectivity index (χ1v) is 13.7. The molecule has 36 heavy (non-hydrogen) atoms. The maximum atomic E-state index is 15.1. The van der Waals surface area contributed by atoms with Crippen LogP contribution in [0.2, 0.25) is 5.02 Å². The molecule has 0 radical (unpaired) electrons. The molecular formula is C27H43ClFN3O4. The fraction of sp³-hybridized carbons (Fsp3) is 0.741. The van der Waals surface area contributed by atoms with Gasteiger partial charge in [0, 0.05) is 64.1 Å². The molecule has 3 unspecified atom stereocenters. The molecule has 3 rings (SSSR count). The van der Waals surface area contributed by atoms with Gasteiger partial charge in [0.2, 0.25) is 0 Å². The molecule has 2 heterocycles. The number of hydrogen-bond acceptors (Lipinski definition) is 5. The lowest BCUT2D eigenvalue weighted by atomic mass is 9.74. The summed E-state index contributed by atoms with van der Waals surface area (Å²) >= 11 is 6.09. The molecule has 3 atom stereocenters. The van der Waals surface area contributed by atoms with Gasteiger partial charge in [-0.15, -0.1) is 0 Å². The van der Waals surface area contributed by atoms with Gasteiger partial charge in [-0.05, 0) is 70.4 Å². The normalized spacial score (nSPS) is 21.7. The van der Waals surface area contributed by atoms with E-state index in [-0.39, 0.29) is 28.6 Å². The van der Waals surface area contributed by atoms with E-state index in [1.807, 2.05) is 7.05 Å². The van der Waals surface area contributed by atoms with Crippen molar-refractivity contribution in [3.05, 3.63) is 34.6 Å². The predicted octanol–water partition coefficient (Wildman–Crippen LogP) is 4.31. The summed E-state index contributed by atoms with van der Waals surface area (Å²) in [5, 5.41) is 18.4. The number of piperidine rings is 1. The van der Waals surface area contributed by atoms with Crippen LogP contribution in [0.4, 0.5) is 9.18 Å². The van der Waals surface area contributed by atoms with Crippen molar-refractivity contribution in [1.82, 2.24) is 15.5 Å². The first-order valence-electron chi connectivity index (χ1n) is 13.3. The highest BCUT2D eigenvalue weighted by atomic mass is 35.5. The summed E-state index contributed by atoms with van der Waals surface area (Å²) in [6, 6.07) is 4.68. The van der Waals surface area contributed by atoms with Crippen LogP contribution < -0.4 is 10.6 Å². The van der Waals surface area contributed by atoms with Crippen LogP contribution >= 0.6 is 11.6 Å². The number of unbranched alkanes of at least 4 members (excludes halogenated alkanes) is 1. The molecule has 2 saturated heterocycles. The lowest BCUT2D eigenvalue weighted by molar-refractivity contribution is -0.0587. The minimum atomic E-state index is -1.42. The summed E-state index contributed by atoms with van der Waals surface area (Å²) in [4.78, 5) is 15.1. The minimum Gasteiger partial charge on any atom is -0.385 e. The zero-order valence-corrected chi connectivity index (χ0v) is 22.5. The van der Waals surface area contributed by atoms with Crippen molar-refractivity contribution in [3.63, 3.8) is 0 Å². The standard InChI is InChI=1S/C27H43ClFN3O4/c1-30-18-22(17-20-10-15-36-16-11-20)31-26(33)32-13-6-7-21(19-32)27(34,12-3-4-14-35-2)23-8-5-9-24(28)25(23)29/h5,8-9,20-22,30,34H,3-4,6-7,10-19H2,1-2H3,(H,31,33). The first kappa shape index (κ1) is 29.1. The lowest BCUT2D eigenvalue weighted by Crippen LogP contribution is -2.54. The van der Waals surface area contributed by atoms with Crippen LogP contribution in [0.15, 0.2) is 18.2 Å². The Bertz CT molecular complexity index is 826. The quantitative estimate of drug-likeness (QED) is 0.353. The molecule has 0 aliphatic carbocycles. The maximum Gasteiger partial charge on any atom is 0.317 e. The molecule has 7 nitrogen and oxygen atoms in total. The van der Waals surface area contributed by atoms with E-state index in [1.165, 1.54) is 6.07 Å². The van der Waals surface area contributed by atoms with Gasteiger partial charge in [0.1, 0.15) is 5.82 Å². The van der Waals surface area contributed by atoms with Gasteiger partial charge in [0.05, 0.1) is 10.6 Å². The molecule has 204 valence electrons. The third kappa shape index (κ3) is 7.78. The van der Waals surface area contributed by atoms with Crippen LogP contribution in [0.3, 0.4) is 0 Å². The van der Waals surface area contributed by atoms with Gasteiger partial charge in [-0.3, -0.25) is 0 Å². The Morgan fingerprint density at radius 1 is 1.33 bits per heavy atom. The Balaban J connectivity index is 1.72. The molecule has 0 saturated carbocycles. The summed E-state index contributed by atoms with van der Waals surface area (Å²) in [6.45, 7) is 3.81. The van der Waals surface area contributed by atoms with E-state index in [2.05, 4.69) is 10.6 Å². The molecule has 0 spiro atoms. The SMILES string of the molecule is CNCC(CC1CCOCC1)NC(=O)N1CCCC(C(O)(CCCCOC)c2cccc(Cl)c2F)C1. The van der Waals surface area contributed by atoms with Crippen LogP contribution in [0, 0.1) is 17.7 Å². The molecule has 1 aromatic rings. The monoisotopic (exact) mass is 527 g/mol. The zero-order chi connectivity index (χ0) is 26.0. The number of likely N-dealkylation sites (tertiary alicyclic amines) is 1. The van der Waals surface area contributed by atoms with Gasteiger partial charge < -0.3 is 30.1 Å². The zero-order valence-electron chi connectivity index (χ0n) is 21.7. The van der Waals surface area contributed by atoms with Crippen LogP contribution in [0.1, 0.15) is 56.9 Å². The number of urea groups is 1. The summed E-state index contributed by atoms with van der Waals surface area (Å²) in [5.74, 6) is -0.346. The fourth-order valence-electron chi connectivity index (χ4n) is 5.68. The summed E-state index contributed by atoms with van der Waals surface area (Å²) in [6.07, 6.45) is 6.20. The number of hydrogen-bond donors (Lipinski definition) is 3. The van der Waals surface area contributed by atoms with Crippen LogP contribution in [0.5, 0.6) is 0 Å². The van der Waals surface area contributed by atoms with E-state index in [0.717, 1.165) is 45.3 Å². The van der Waals surface area contributed by atoms with Crippen LogP contribution in [-0.4, -0.2) is 75.7 Å². The number of rotatable bonds is 12. The Kier molecular flexibility index (Phi) is 11.7. The highest BCUT2D eigenvalue weighted by Gasteiger charge is 2.43. The fourth-order valence-corrected chi connectivity index (χ4v) is 5.85. The maximum absolute atomic E-state index is 15.1. The van der Waals surface area contributed by atoms with E-state index in [4.69, 9.17) is 21.1 Å².